The number of piperidine rings is 1. The number of alkyl halides is 2. The number of hydrogen-bond acceptors (Lipinski definition) is 2. The van der Waals surface area contributed by atoms with Gasteiger partial charge in [0.25, 0.3) is 6.43 Å². The molecule has 0 spiro atoms. The first-order valence-corrected chi connectivity index (χ1v) is 8.06. The number of fused-ring (bicyclic) bond motifs is 1. The van der Waals surface area contributed by atoms with E-state index in [4.69, 9.17) is 0 Å². The molecule has 0 unspecified atom stereocenters. The Hall–Kier alpha value is -1.98. The minimum absolute atomic E-state index is 0.0366. The SMILES string of the molecule is C[C@@H]1CCCN(C(=O)CCn2c(C(F)F)cc3cccnc32)C1. The van der Waals surface area contributed by atoms with Gasteiger partial charge in [0.2, 0.25) is 5.91 Å². The quantitative estimate of drug-likeness (QED) is 0.862. The van der Waals surface area contributed by atoms with Crippen molar-refractivity contribution in [2.75, 3.05) is 13.1 Å². The van der Waals surface area contributed by atoms with Crippen molar-refractivity contribution >= 4 is 16.9 Å². The van der Waals surface area contributed by atoms with Crippen molar-refractivity contribution in [3.05, 3.63) is 30.1 Å². The fourth-order valence-electron chi connectivity index (χ4n) is 3.30. The molecule has 4 nitrogen and oxygen atoms in total. The van der Waals surface area contributed by atoms with Gasteiger partial charge in [0.15, 0.2) is 0 Å². The lowest BCUT2D eigenvalue weighted by Gasteiger charge is -2.31. The van der Waals surface area contributed by atoms with Gasteiger partial charge in [-0.3, -0.25) is 4.79 Å². The van der Waals surface area contributed by atoms with Crippen LogP contribution in [0.4, 0.5) is 8.78 Å². The minimum Gasteiger partial charge on any atom is -0.342 e. The Labute approximate surface area is 134 Å². The predicted octanol–water partition coefficient (Wildman–Crippen LogP) is 3.62. The third-order valence-electron chi connectivity index (χ3n) is 4.47. The van der Waals surface area contributed by atoms with Gasteiger partial charge in [0.05, 0.1) is 5.69 Å². The second kappa shape index (κ2) is 6.64. The van der Waals surface area contributed by atoms with Gasteiger partial charge in [0.1, 0.15) is 5.65 Å². The van der Waals surface area contributed by atoms with E-state index in [-0.39, 0.29) is 24.6 Å². The summed E-state index contributed by atoms with van der Waals surface area (Å²) in [7, 11) is 0. The van der Waals surface area contributed by atoms with E-state index >= 15 is 0 Å². The first-order chi connectivity index (χ1) is 11.1. The molecule has 0 bridgehead atoms. The molecule has 1 aliphatic heterocycles. The van der Waals surface area contributed by atoms with Crippen molar-refractivity contribution in [2.45, 2.75) is 39.2 Å². The van der Waals surface area contributed by atoms with Crippen LogP contribution in [0.25, 0.3) is 11.0 Å². The van der Waals surface area contributed by atoms with Crippen LogP contribution in [-0.4, -0.2) is 33.4 Å². The molecule has 23 heavy (non-hydrogen) atoms. The monoisotopic (exact) mass is 321 g/mol. The normalized spacial score (nSPS) is 18.8. The molecule has 0 aliphatic carbocycles. The molecule has 3 heterocycles. The molecule has 0 radical (unpaired) electrons. The van der Waals surface area contributed by atoms with Gasteiger partial charge >= 0.3 is 0 Å². The Balaban J connectivity index is 1.76. The van der Waals surface area contributed by atoms with Crippen LogP contribution < -0.4 is 0 Å². The van der Waals surface area contributed by atoms with Crippen LogP contribution >= 0.6 is 0 Å². The Morgan fingerprint density at radius 3 is 3.04 bits per heavy atom. The van der Waals surface area contributed by atoms with E-state index in [2.05, 4.69) is 11.9 Å². The zero-order valence-electron chi connectivity index (χ0n) is 13.2. The van der Waals surface area contributed by atoms with Crippen LogP contribution in [0.5, 0.6) is 0 Å². The van der Waals surface area contributed by atoms with Gasteiger partial charge in [-0.05, 0) is 37.0 Å². The summed E-state index contributed by atoms with van der Waals surface area (Å²) in [4.78, 5) is 18.4. The summed E-state index contributed by atoms with van der Waals surface area (Å²) in [6, 6.07) is 4.95. The molecule has 2 aromatic rings. The number of rotatable bonds is 4. The fraction of sp³-hybridized carbons (Fsp3) is 0.529. The Morgan fingerprint density at radius 2 is 2.30 bits per heavy atom. The second-order valence-corrected chi connectivity index (χ2v) is 6.27. The lowest BCUT2D eigenvalue weighted by Crippen LogP contribution is -2.39. The van der Waals surface area contributed by atoms with Crippen molar-refractivity contribution < 1.29 is 13.6 Å². The van der Waals surface area contributed by atoms with Gasteiger partial charge in [-0.2, -0.15) is 0 Å². The van der Waals surface area contributed by atoms with Crippen molar-refractivity contribution in [2.24, 2.45) is 5.92 Å². The van der Waals surface area contributed by atoms with E-state index in [9.17, 15) is 13.6 Å². The molecular formula is C17H21F2N3O. The van der Waals surface area contributed by atoms with Gasteiger partial charge in [-0.1, -0.05) is 6.92 Å². The number of hydrogen-bond donors (Lipinski definition) is 0. The molecule has 0 saturated carbocycles. The highest BCUT2D eigenvalue weighted by molar-refractivity contribution is 5.79. The number of pyridine rings is 1. The fourth-order valence-corrected chi connectivity index (χ4v) is 3.30. The first kappa shape index (κ1) is 15.9. The third kappa shape index (κ3) is 3.35. The lowest BCUT2D eigenvalue weighted by molar-refractivity contribution is -0.133. The Bertz CT molecular complexity index is 698. The van der Waals surface area contributed by atoms with Crippen LogP contribution in [0, 0.1) is 5.92 Å². The van der Waals surface area contributed by atoms with Crippen molar-refractivity contribution in [3.8, 4) is 0 Å². The predicted molar refractivity (Wildman–Crippen MR) is 84.3 cm³/mol. The highest BCUT2D eigenvalue weighted by atomic mass is 19.3. The Morgan fingerprint density at radius 1 is 1.48 bits per heavy atom. The molecule has 0 aromatic carbocycles. The van der Waals surface area contributed by atoms with Gasteiger partial charge < -0.3 is 9.47 Å². The summed E-state index contributed by atoms with van der Waals surface area (Å²) < 4.78 is 28.0. The zero-order chi connectivity index (χ0) is 16.4. The molecule has 3 rings (SSSR count). The smallest absolute Gasteiger partial charge is 0.278 e. The number of amides is 1. The maximum Gasteiger partial charge on any atom is 0.278 e. The lowest BCUT2D eigenvalue weighted by atomic mass is 10.00. The number of nitrogens with zero attached hydrogens (tertiary/aromatic N) is 3. The molecule has 1 aliphatic rings. The number of carbonyl (C=O) groups excluding carboxylic acids is 1. The van der Waals surface area contributed by atoms with Gasteiger partial charge in [0, 0.05) is 37.6 Å². The van der Waals surface area contributed by atoms with Crippen LogP contribution in [0.15, 0.2) is 24.4 Å². The summed E-state index contributed by atoms with van der Waals surface area (Å²) in [5.74, 6) is 0.549. The minimum atomic E-state index is -2.57. The van der Waals surface area contributed by atoms with Crippen LogP contribution in [0.1, 0.15) is 38.3 Å². The van der Waals surface area contributed by atoms with E-state index in [0.717, 1.165) is 25.9 Å². The average molecular weight is 321 g/mol. The molecule has 1 amide bonds. The molecule has 6 heteroatoms. The van der Waals surface area contributed by atoms with E-state index in [0.29, 0.717) is 17.0 Å². The number of aryl methyl sites for hydroxylation is 1. The standard InChI is InChI=1S/C17H21F2N3O/c1-12-4-3-8-21(11-12)15(23)6-9-22-14(16(18)19)10-13-5-2-7-20-17(13)22/h2,5,7,10,12,16H,3-4,6,8-9,11H2,1H3/t12-/m1/s1. The molecule has 1 saturated heterocycles. The van der Waals surface area contributed by atoms with Crippen molar-refractivity contribution in [1.29, 1.82) is 0 Å². The third-order valence-corrected chi connectivity index (χ3v) is 4.47. The zero-order valence-corrected chi connectivity index (χ0v) is 13.2. The summed E-state index contributed by atoms with van der Waals surface area (Å²) in [6.07, 6.45) is 1.40. The van der Waals surface area contributed by atoms with Gasteiger partial charge in [-0.25, -0.2) is 13.8 Å². The van der Waals surface area contributed by atoms with E-state index < -0.39 is 6.43 Å². The van der Waals surface area contributed by atoms with Crippen LogP contribution in [0.3, 0.4) is 0 Å². The largest absolute Gasteiger partial charge is 0.342 e. The molecule has 2 aromatic heterocycles. The van der Waals surface area contributed by atoms with E-state index in [1.807, 2.05) is 4.90 Å². The number of carbonyl (C=O) groups is 1. The number of halogens is 2. The molecular weight excluding hydrogens is 300 g/mol. The van der Waals surface area contributed by atoms with Crippen LogP contribution in [0.2, 0.25) is 0 Å². The van der Waals surface area contributed by atoms with E-state index in [1.54, 1.807) is 18.3 Å². The van der Waals surface area contributed by atoms with Crippen LogP contribution in [-0.2, 0) is 11.3 Å². The van der Waals surface area contributed by atoms with Gasteiger partial charge in [-0.15, -0.1) is 0 Å². The molecule has 1 atom stereocenters. The van der Waals surface area contributed by atoms with E-state index in [1.165, 1.54) is 10.6 Å². The summed E-state index contributed by atoms with van der Waals surface area (Å²) in [5, 5.41) is 0.682. The maximum absolute atomic E-state index is 13.3. The molecule has 0 N–H and O–H groups in total. The first-order valence-electron chi connectivity index (χ1n) is 8.06. The Kier molecular flexibility index (Phi) is 4.59. The summed E-state index contributed by atoms with van der Waals surface area (Å²) in [6.45, 7) is 3.92. The van der Waals surface area contributed by atoms with Crippen molar-refractivity contribution in [3.63, 3.8) is 0 Å². The summed E-state index contributed by atoms with van der Waals surface area (Å²) in [5.41, 5.74) is 0.445. The highest BCUT2D eigenvalue weighted by Crippen LogP contribution is 2.26. The topological polar surface area (TPSA) is 38.1 Å². The average Bonchev–Trinajstić information content (AvgIpc) is 2.91. The second-order valence-electron chi connectivity index (χ2n) is 6.27. The molecule has 124 valence electrons. The number of aromatic nitrogens is 2. The summed E-state index contributed by atoms with van der Waals surface area (Å²) >= 11 is 0. The molecule has 1 fully saturated rings. The maximum atomic E-state index is 13.3. The number of likely N-dealkylation sites (tertiary alicyclic amines) is 1. The van der Waals surface area contributed by atoms with Crippen molar-refractivity contribution in [1.82, 2.24) is 14.5 Å². The highest BCUT2D eigenvalue weighted by Gasteiger charge is 2.22.